The largest absolute Gasteiger partial charge is 0.314 e. The Morgan fingerprint density at radius 3 is 2.68 bits per heavy atom. The van der Waals surface area contributed by atoms with Crippen molar-refractivity contribution in [2.24, 2.45) is 5.92 Å². The number of hydrogen-bond donors (Lipinski definition) is 1. The molecule has 1 atom stereocenters. The highest BCUT2D eigenvalue weighted by molar-refractivity contribution is 5.14. The van der Waals surface area contributed by atoms with Gasteiger partial charge in [-0.3, -0.25) is 4.98 Å². The number of aromatic nitrogens is 1. The minimum absolute atomic E-state index is 0.616. The first-order chi connectivity index (χ1) is 9.31. The van der Waals surface area contributed by atoms with Gasteiger partial charge in [0.1, 0.15) is 0 Å². The molecule has 1 aromatic heterocycles. The highest BCUT2D eigenvalue weighted by Crippen LogP contribution is 2.31. The molecule has 1 N–H and O–H groups in total. The van der Waals surface area contributed by atoms with E-state index in [9.17, 15) is 0 Å². The van der Waals surface area contributed by atoms with E-state index in [1.54, 1.807) is 0 Å². The lowest BCUT2D eigenvalue weighted by atomic mass is 9.80. The Hall–Kier alpha value is -0.890. The zero-order valence-corrected chi connectivity index (χ0v) is 12.5. The summed E-state index contributed by atoms with van der Waals surface area (Å²) in [4.78, 5) is 4.61. The van der Waals surface area contributed by atoms with Crippen LogP contribution in [0, 0.1) is 5.92 Å². The van der Waals surface area contributed by atoms with E-state index in [0.717, 1.165) is 25.3 Å². The maximum atomic E-state index is 4.61. The molecular weight excluding hydrogens is 232 g/mol. The molecule has 0 bridgehead atoms. The van der Waals surface area contributed by atoms with Crippen molar-refractivity contribution >= 4 is 0 Å². The molecule has 0 spiro atoms. The molecule has 2 heteroatoms. The molecule has 1 fully saturated rings. The summed E-state index contributed by atoms with van der Waals surface area (Å²) in [7, 11) is 0. The number of nitrogens with zero attached hydrogens (tertiary/aromatic N) is 1. The molecule has 1 unspecified atom stereocenters. The molecule has 2 nitrogen and oxygen atoms in total. The van der Waals surface area contributed by atoms with Crippen molar-refractivity contribution in [2.45, 2.75) is 64.8 Å². The molecule has 1 aliphatic rings. The first kappa shape index (κ1) is 14.5. The molecule has 1 aliphatic carbocycles. The number of rotatable bonds is 8. The van der Waals surface area contributed by atoms with Crippen LogP contribution in [0.5, 0.6) is 0 Å². The summed E-state index contributed by atoms with van der Waals surface area (Å²) in [6.07, 6.45) is 11.1. The quantitative estimate of drug-likeness (QED) is 0.770. The van der Waals surface area contributed by atoms with Crippen molar-refractivity contribution < 1.29 is 0 Å². The first-order valence-electron chi connectivity index (χ1n) is 7.99. The average molecular weight is 260 g/mol. The minimum Gasteiger partial charge on any atom is -0.314 e. The number of pyridine rings is 1. The van der Waals surface area contributed by atoms with E-state index in [1.807, 2.05) is 6.20 Å². The van der Waals surface area contributed by atoms with E-state index in [-0.39, 0.29) is 0 Å². The van der Waals surface area contributed by atoms with Crippen LogP contribution in [0.15, 0.2) is 18.3 Å². The Bertz CT molecular complexity index is 354. The third-order valence-corrected chi connectivity index (χ3v) is 4.28. The predicted molar refractivity (Wildman–Crippen MR) is 81.4 cm³/mol. The van der Waals surface area contributed by atoms with E-state index in [0.29, 0.717) is 6.04 Å². The lowest BCUT2D eigenvalue weighted by Gasteiger charge is -2.30. The molecule has 0 radical (unpaired) electrons. The highest BCUT2D eigenvalue weighted by atomic mass is 14.9. The molecular formula is C17H28N2. The standard InChI is InChI=1S/C17H28N2/c1-3-10-18-17(11-15-6-5-7-15)12-16-9-8-14(4-2)13-19-16/h8-9,13,15,17-18H,3-7,10-12H2,1-2H3. The molecule has 0 aromatic carbocycles. The summed E-state index contributed by atoms with van der Waals surface area (Å²) in [5, 5.41) is 3.71. The summed E-state index contributed by atoms with van der Waals surface area (Å²) in [5.74, 6) is 0.962. The lowest BCUT2D eigenvalue weighted by Crippen LogP contribution is -2.35. The smallest absolute Gasteiger partial charge is 0.0419 e. The average Bonchev–Trinajstić information content (AvgIpc) is 2.40. The lowest BCUT2D eigenvalue weighted by molar-refractivity contribution is 0.258. The Kier molecular flexibility index (Phi) is 5.84. The predicted octanol–water partition coefficient (Wildman–Crippen LogP) is 3.74. The SMILES string of the molecule is CCCNC(Cc1ccc(CC)cn1)CC1CCC1. The zero-order valence-electron chi connectivity index (χ0n) is 12.5. The van der Waals surface area contributed by atoms with Crippen molar-refractivity contribution in [3.8, 4) is 0 Å². The summed E-state index contributed by atoms with van der Waals surface area (Å²) in [6, 6.07) is 5.05. The fourth-order valence-corrected chi connectivity index (χ4v) is 2.76. The highest BCUT2D eigenvalue weighted by Gasteiger charge is 2.22. The van der Waals surface area contributed by atoms with E-state index in [1.165, 1.54) is 43.4 Å². The van der Waals surface area contributed by atoms with Gasteiger partial charge in [0.05, 0.1) is 0 Å². The monoisotopic (exact) mass is 260 g/mol. The molecule has 1 aromatic rings. The topological polar surface area (TPSA) is 24.9 Å². The molecule has 1 heterocycles. The van der Waals surface area contributed by atoms with Gasteiger partial charge in [-0.15, -0.1) is 0 Å². The fraction of sp³-hybridized carbons (Fsp3) is 0.706. The normalized spacial score (nSPS) is 17.2. The second-order valence-corrected chi connectivity index (χ2v) is 5.90. The Labute approximate surface area is 118 Å². The van der Waals surface area contributed by atoms with Gasteiger partial charge in [0.2, 0.25) is 0 Å². The van der Waals surface area contributed by atoms with Crippen LogP contribution in [-0.2, 0) is 12.8 Å². The van der Waals surface area contributed by atoms with Gasteiger partial charge in [-0.2, -0.15) is 0 Å². The van der Waals surface area contributed by atoms with Crippen LogP contribution >= 0.6 is 0 Å². The number of nitrogens with one attached hydrogen (secondary N) is 1. The van der Waals surface area contributed by atoms with Crippen LogP contribution in [0.25, 0.3) is 0 Å². The van der Waals surface area contributed by atoms with Gasteiger partial charge in [0.25, 0.3) is 0 Å². The summed E-state index contributed by atoms with van der Waals surface area (Å²) < 4.78 is 0. The minimum atomic E-state index is 0.616. The van der Waals surface area contributed by atoms with Crippen LogP contribution in [0.3, 0.4) is 0 Å². The molecule has 0 aliphatic heterocycles. The van der Waals surface area contributed by atoms with Crippen LogP contribution in [0.1, 0.15) is 57.2 Å². The maximum absolute atomic E-state index is 4.61. The van der Waals surface area contributed by atoms with Crippen molar-refractivity contribution in [2.75, 3.05) is 6.54 Å². The Morgan fingerprint density at radius 2 is 2.16 bits per heavy atom. The Morgan fingerprint density at radius 1 is 1.32 bits per heavy atom. The van der Waals surface area contributed by atoms with Crippen LogP contribution in [0.4, 0.5) is 0 Å². The Balaban J connectivity index is 1.88. The van der Waals surface area contributed by atoms with Gasteiger partial charge >= 0.3 is 0 Å². The van der Waals surface area contributed by atoms with Gasteiger partial charge in [0.15, 0.2) is 0 Å². The second-order valence-electron chi connectivity index (χ2n) is 5.90. The van der Waals surface area contributed by atoms with Crippen molar-refractivity contribution in [3.63, 3.8) is 0 Å². The number of hydrogen-bond acceptors (Lipinski definition) is 2. The molecule has 1 saturated carbocycles. The van der Waals surface area contributed by atoms with E-state index >= 15 is 0 Å². The van der Waals surface area contributed by atoms with E-state index in [4.69, 9.17) is 0 Å². The molecule has 0 saturated heterocycles. The first-order valence-corrected chi connectivity index (χ1v) is 7.99. The summed E-state index contributed by atoms with van der Waals surface area (Å²) >= 11 is 0. The van der Waals surface area contributed by atoms with Crippen molar-refractivity contribution in [3.05, 3.63) is 29.6 Å². The van der Waals surface area contributed by atoms with Gasteiger partial charge in [-0.05, 0) is 43.4 Å². The third-order valence-electron chi connectivity index (χ3n) is 4.28. The second kappa shape index (κ2) is 7.64. The van der Waals surface area contributed by atoms with Crippen LogP contribution < -0.4 is 5.32 Å². The number of aryl methyl sites for hydroxylation is 1. The van der Waals surface area contributed by atoms with Crippen molar-refractivity contribution in [1.29, 1.82) is 0 Å². The molecule has 0 amide bonds. The van der Waals surface area contributed by atoms with E-state index in [2.05, 4.69) is 36.3 Å². The van der Waals surface area contributed by atoms with Crippen molar-refractivity contribution in [1.82, 2.24) is 10.3 Å². The van der Waals surface area contributed by atoms with Crippen LogP contribution in [-0.4, -0.2) is 17.6 Å². The molecule has 106 valence electrons. The summed E-state index contributed by atoms with van der Waals surface area (Å²) in [5.41, 5.74) is 2.57. The molecule has 2 rings (SSSR count). The fourth-order valence-electron chi connectivity index (χ4n) is 2.76. The summed E-state index contributed by atoms with van der Waals surface area (Å²) in [6.45, 7) is 5.55. The van der Waals surface area contributed by atoms with Gasteiger partial charge in [-0.25, -0.2) is 0 Å². The van der Waals surface area contributed by atoms with Gasteiger partial charge in [0, 0.05) is 24.4 Å². The maximum Gasteiger partial charge on any atom is 0.0419 e. The van der Waals surface area contributed by atoms with Crippen LogP contribution in [0.2, 0.25) is 0 Å². The third kappa shape index (κ3) is 4.61. The van der Waals surface area contributed by atoms with Gasteiger partial charge in [-0.1, -0.05) is 39.2 Å². The molecule has 19 heavy (non-hydrogen) atoms. The van der Waals surface area contributed by atoms with E-state index < -0.39 is 0 Å². The zero-order chi connectivity index (χ0) is 13.5. The van der Waals surface area contributed by atoms with Gasteiger partial charge < -0.3 is 5.32 Å².